The van der Waals surface area contributed by atoms with Crippen LogP contribution in [0.1, 0.15) is 25.7 Å². The monoisotopic (exact) mass is 243 g/mol. The maximum absolute atomic E-state index is 11.4. The number of methoxy groups -OCH3 is 2. The molecule has 0 saturated carbocycles. The second-order valence-corrected chi connectivity index (χ2v) is 4.29. The summed E-state index contributed by atoms with van der Waals surface area (Å²) in [4.78, 5) is 25.2. The largest absolute Gasteiger partial charge is 0.468 e. The van der Waals surface area contributed by atoms with E-state index in [1.807, 2.05) is 0 Å². The normalized spacial score (nSPS) is 16.2. The first kappa shape index (κ1) is 14.0. The molecule has 0 aromatic heterocycles. The van der Waals surface area contributed by atoms with Crippen molar-refractivity contribution in [1.82, 2.24) is 4.90 Å². The van der Waals surface area contributed by atoms with Crippen LogP contribution in [0.25, 0.3) is 0 Å². The highest BCUT2D eigenvalue weighted by Crippen LogP contribution is 2.14. The molecule has 5 heteroatoms. The molecule has 0 aliphatic carbocycles. The van der Waals surface area contributed by atoms with Gasteiger partial charge in [0.15, 0.2) is 5.92 Å². The van der Waals surface area contributed by atoms with Gasteiger partial charge in [-0.05, 0) is 45.3 Å². The summed E-state index contributed by atoms with van der Waals surface area (Å²) in [6, 6.07) is 0. The van der Waals surface area contributed by atoms with Gasteiger partial charge in [-0.1, -0.05) is 0 Å². The lowest BCUT2D eigenvalue weighted by atomic mass is 10.0. The molecule has 17 heavy (non-hydrogen) atoms. The zero-order valence-electron chi connectivity index (χ0n) is 10.6. The zero-order chi connectivity index (χ0) is 12.7. The molecular weight excluding hydrogens is 222 g/mol. The van der Waals surface area contributed by atoms with E-state index in [0.29, 0.717) is 6.42 Å². The molecule has 5 nitrogen and oxygen atoms in total. The van der Waals surface area contributed by atoms with E-state index in [-0.39, 0.29) is 0 Å². The third kappa shape index (κ3) is 4.34. The van der Waals surface area contributed by atoms with E-state index < -0.39 is 17.9 Å². The molecule has 0 bridgehead atoms. The number of likely N-dealkylation sites (tertiary alicyclic amines) is 1. The van der Waals surface area contributed by atoms with Crippen LogP contribution in [-0.4, -0.2) is 50.7 Å². The van der Waals surface area contributed by atoms with E-state index >= 15 is 0 Å². The van der Waals surface area contributed by atoms with Crippen LogP contribution in [-0.2, 0) is 19.1 Å². The van der Waals surface area contributed by atoms with Gasteiger partial charge in [0.25, 0.3) is 0 Å². The van der Waals surface area contributed by atoms with Gasteiger partial charge < -0.3 is 14.4 Å². The zero-order valence-corrected chi connectivity index (χ0v) is 10.6. The van der Waals surface area contributed by atoms with Crippen molar-refractivity contribution in [3.63, 3.8) is 0 Å². The Hall–Kier alpha value is -1.10. The fourth-order valence-corrected chi connectivity index (χ4v) is 2.14. The molecule has 0 N–H and O–H groups in total. The molecule has 0 aromatic rings. The highest BCUT2D eigenvalue weighted by Gasteiger charge is 2.28. The summed E-state index contributed by atoms with van der Waals surface area (Å²) >= 11 is 0. The molecule has 1 saturated heterocycles. The average Bonchev–Trinajstić information content (AvgIpc) is 2.86. The van der Waals surface area contributed by atoms with Gasteiger partial charge >= 0.3 is 11.9 Å². The predicted octanol–water partition coefficient (Wildman–Crippen LogP) is 0.825. The van der Waals surface area contributed by atoms with Crippen molar-refractivity contribution in [3.05, 3.63) is 0 Å². The molecule has 1 heterocycles. The SMILES string of the molecule is COC(=O)C(CCCN1CCCC1)C(=O)OC. The second kappa shape index (κ2) is 7.27. The van der Waals surface area contributed by atoms with E-state index in [1.54, 1.807) is 0 Å². The van der Waals surface area contributed by atoms with Crippen LogP contribution in [0.5, 0.6) is 0 Å². The molecule has 0 radical (unpaired) electrons. The molecule has 0 spiro atoms. The average molecular weight is 243 g/mol. The van der Waals surface area contributed by atoms with Crippen molar-refractivity contribution in [1.29, 1.82) is 0 Å². The molecule has 1 aliphatic rings. The van der Waals surface area contributed by atoms with E-state index in [2.05, 4.69) is 14.4 Å². The van der Waals surface area contributed by atoms with E-state index in [4.69, 9.17) is 0 Å². The first-order valence-corrected chi connectivity index (χ1v) is 6.07. The Morgan fingerprint density at radius 2 is 1.65 bits per heavy atom. The minimum atomic E-state index is -0.771. The standard InChI is InChI=1S/C12H21NO4/c1-16-11(14)10(12(15)17-2)6-5-9-13-7-3-4-8-13/h10H,3-9H2,1-2H3. The maximum Gasteiger partial charge on any atom is 0.320 e. The second-order valence-electron chi connectivity index (χ2n) is 4.29. The topological polar surface area (TPSA) is 55.8 Å². The van der Waals surface area contributed by atoms with Gasteiger partial charge in [-0.25, -0.2) is 0 Å². The van der Waals surface area contributed by atoms with E-state index in [1.165, 1.54) is 27.1 Å². The predicted molar refractivity (Wildman–Crippen MR) is 62.4 cm³/mol. The Morgan fingerprint density at radius 3 is 2.12 bits per heavy atom. The van der Waals surface area contributed by atoms with E-state index in [0.717, 1.165) is 26.1 Å². The molecule has 0 amide bonds. The summed E-state index contributed by atoms with van der Waals surface area (Å²) in [5.41, 5.74) is 0. The molecular formula is C12H21NO4. The number of carbonyl (C=O) groups excluding carboxylic acids is 2. The van der Waals surface area contributed by atoms with Crippen molar-refractivity contribution in [3.8, 4) is 0 Å². The van der Waals surface area contributed by atoms with Crippen LogP contribution in [0.4, 0.5) is 0 Å². The Labute approximate surface area is 102 Å². The molecule has 1 rings (SSSR count). The Balaban J connectivity index is 2.32. The molecule has 0 atom stereocenters. The van der Waals surface area contributed by atoms with Crippen molar-refractivity contribution in [2.45, 2.75) is 25.7 Å². The number of ether oxygens (including phenoxy) is 2. The van der Waals surface area contributed by atoms with Gasteiger partial charge in [-0.2, -0.15) is 0 Å². The summed E-state index contributed by atoms with van der Waals surface area (Å²) in [6.45, 7) is 3.19. The number of hydrogen-bond donors (Lipinski definition) is 0. The fraction of sp³-hybridized carbons (Fsp3) is 0.833. The van der Waals surface area contributed by atoms with Crippen LogP contribution in [0, 0.1) is 5.92 Å². The van der Waals surface area contributed by atoms with Gasteiger partial charge in [-0.15, -0.1) is 0 Å². The Morgan fingerprint density at radius 1 is 1.12 bits per heavy atom. The lowest BCUT2D eigenvalue weighted by molar-refractivity contribution is -0.159. The first-order valence-electron chi connectivity index (χ1n) is 6.07. The first-order chi connectivity index (χ1) is 8.19. The molecule has 0 unspecified atom stereocenters. The van der Waals surface area contributed by atoms with E-state index in [9.17, 15) is 9.59 Å². The quantitative estimate of drug-likeness (QED) is 0.511. The molecule has 0 aromatic carbocycles. The number of nitrogens with zero attached hydrogens (tertiary/aromatic N) is 1. The van der Waals surface area contributed by atoms with Crippen molar-refractivity contribution in [2.24, 2.45) is 5.92 Å². The van der Waals surface area contributed by atoms with Crippen molar-refractivity contribution >= 4 is 11.9 Å². The van der Waals surface area contributed by atoms with Crippen LogP contribution in [0.3, 0.4) is 0 Å². The molecule has 1 aliphatic heterocycles. The molecule has 98 valence electrons. The van der Waals surface area contributed by atoms with Gasteiger partial charge in [0.1, 0.15) is 0 Å². The van der Waals surface area contributed by atoms with Gasteiger partial charge in [-0.3, -0.25) is 9.59 Å². The Bertz CT molecular complexity index is 245. The van der Waals surface area contributed by atoms with Crippen LogP contribution in [0.15, 0.2) is 0 Å². The fourth-order valence-electron chi connectivity index (χ4n) is 2.14. The highest BCUT2D eigenvalue weighted by molar-refractivity contribution is 5.94. The number of esters is 2. The van der Waals surface area contributed by atoms with Gasteiger partial charge in [0, 0.05) is 0 Å². The summed E-state index contributed by atoms with van der Waals surface area (Å²) in [5, 5.41) is 0. The summed E-state index contributed by atoms with van der Waals surface area (Å²) < 4.78 is 9.21. The maximum atomic E-state index is 11.4. The van der Waals surface area contributed by atoms with Crippen LogP contribution < -0.4 is 0 Å². The number of hydrogen-bond acceptors (Lipinski definition) is 5. The van der Waals surface area contributed by atoms with Crippen molar-refractivity contribution in [2.75, 3.05) is 33.9 Å². The highest BCUT2D eigenvalue weighted by atomic mass is 16.5. The molecule has 1 fully saturated rings. The van der Waals surface area contributed by atoms with Gasteiger partial charge in [0.2, 0.25) is 0 Å². The van der Waals surface area contributed by atoms with Crippen LogP contribution >= 0.6 is 0 Å². The lowest BCUT2D eigenvalue weighted by Gasteiger charge is -2.16. The summed E-state index contributed by atoms with van der Waals surface area (Å²) in [6.07, 6.45) is 3.81. The lowest BCUT2D eigenvalue weighted by Crippen LogP contribution is -2.28. The number of carbonyl (C=O) groups is 2. The summed E-state index contributed by atoms with van der Waals surface area (Å²) in [5.74, 6) is -1.77. The third-order valence-electron chi connectivity index (χ3n) is 3.14. The Kier molecular flexibility index (Phi) is 5.97. The minimum absolute atomic E-state index is 0.496. The smallest absolute Gasteiger partial charge is 0.320 e. The van der Waals surface area contributed by atoms with Crippen LogP contribution in [0.2, 0.25) is 0 Å². The number of rotatable bonds is 6. The minimum Gasteiger partial charge on any atom is -0.468 e. The van der Waals surface area contributed by atoms with Crippen molar-refractivity contribution < 1.29 is 19.1 Å². The third-order valence-corrected chi connectivity index (χ3v) is 3.14. The summed E-state index contributed by atoms with van der Waals surface area (Å²) in [7, 11) is 2.58. The van der Waals surface area contributed by atoms with Gasteiger partial charge in [0.05, 0.1) is 14.2 Å².